The summed E-state index contributed by atoms with van der Waals surface area (Å²) in [6.45, 7) is 3.85. The van der Waals surface area contributed by atoms with E-state index in [-0.39, 0.29) is 6.42 Å². The van der Waals surface area contributed by atoms with Gasteiger partial charge in [0, 0.05) is 6.42 Å². The average molecular weight is 366 g/mol. The summed E-state index contributed by atoms with van der Waals surface area (Å²) in [5.41, 5.74) is 1.84. The topological polar surface area (TPSA) is 88.4 Å². The van der Waals surface area contributed by atoms with Crippen LogP contribution < -0.4 is 10.1 Å². The van der Waals surface area contributed by atoms with Crippen molar-refractivity contribution < 1.29 is 19.1 Å². The normalized spacial score (nSPS) is 11.1. The lowest BCUT2D eigenvalue weighted by Gasteiger charge is -2.14. The zero-order valence-electron chi connectivity index (χ0n) is 15.4. The summed E-state index contributed by atoms with van der Waals surface area (Å²) in [7, 11) is 0. The Morgan fingerprint density at radius 3 is 2.70 bits per heavy atom. The molecule has 0 saturated heterocycles. The van der Waals surface area contributed by atoms with E-state index in [0.29, 0.717) is 24.3 Å². The molecule has 6 nitrogen and oxygen atoms in total. The minimum Gasteiger partial charge on any atom is -0.494 e. The molecule has 0 aromatic heterocycles. The van der Waals surface area contributed by atoms with Crippen molar-refractivity contribution >= 4 is 17.6 Å². The highest BCUT2D eigenvalue weighted by molar-refractivity contribution is 5.96. The van der Waals surface area contributed by atoms with Crippen LogP contribution in [-0.4, -0.2) is 24.6 Å². The first kappa shape index (κ1) is 20.0. The largest absolute Gasteiger partial charge is 0.494 e. The van der Waals surface area contributed by atoms with Gasteiger partial charge in [-0.3, -0.25) is 9.59 Å². The number of para-hydroxylation sites is 1. The molecule has 0 heterocycles. The van der Waals surface area contributed by atoms with E-state index in [9.17, 15) is 9.59 Å². The number of esters is 1. The Morgan fingerprint density at radius 2 is 1.96 bits per heavy atom. The Morgan fingerprint density at radius 1 is 1.19 bits per heavy atom. The summed E-state index contributed by atoms with van der Waals surface area (Å²) in [6.07, 6.45) is -0.321. The molecule has 1 N–H and O–H groups in total. The van der Waals surface area contributed by atoms with E-state index in [1.807, 2.05) is 37.3 Å². The second-order valence-electron chi connectivity index (χ2n) is 6.05. The summed E-state index contributed by atoms with van der Waals surface area (Å²) in [5, 5.41) is 11.6. The Hall–Kier alpha value is -3.33. The van der Waals surface area contributed by atoms with E-state index in [2.05, 4.69) is 5.32 Å². The predicted octanol–water partition coefficient (Wildman–Crippen LogP) is 3.60. The lowest BCUT2D eigenvalue weighted by molar-refractivity contribution is -0.153. The number of anilines is 1. The van der Waals surface area contributed by atoms with Gasteiger partial charge in [0.25, 0.3) is 5.91 Å². The highest BCUT2D eigenvalue weighted by Gasteiger charge is 2.18. The first-order valence-corrected chi connectivity index (χ1v) is 8.68. The summed E-state index contributed by atoms with van der Waals surface area (Å²) in [6, 6.07) is 16.3. The minimum atomic E-state index is -0.957. The monoisotopic (exact) mass is 366 g/mol. The molecule has 0 aliphatic carbocycles. The van der Waals surface area contributed by atoms with Gasteiger partial charge in [-0.15, -0.1) is 0 Å². The van der Waals surface area contributed by atoms with Gasteiger partial charge in [-0.2, -0.15) is 5.26 Å². The van der Waals surface area contributed by atoms with E-state index in [0.717, 1.165) is 11.3 Å². The Kier molecular flexibility index (Phi) is 7.38. The molecule has 0 unspecified atom stereocenters. The molecule has 0 fully saturated rings. The van der Waals surface area contributed by atoms with Crippen LogP contribution in [0.4, 0.5) is 5.69 Å². The average Bonchev–Trinajstić information content (AvgIpc) is 2.65. The third kappa shape index (κ3) is 6.48. The van der Waals surface area contributed by atoms with Crippen molar-refractivity contribution in [2.24, 2.45) is 0 Å². The van der Waals surface area contributed by atoms with Gasteiger partial charge in [-0.25, -0.2) is 0 Å². The van der Waals surface area contributed by atoms with Crippen LogP contribution in [0, 0.1) is 18.3 Å². The molecule has 0 bridgehead atoms. The molecule has 2 aromatic rings. The van der Waals surface area contributed by atoms with Crippen molar-refractivity contribution in [3.05, 3.63) is 59.7 Å². The number of aryl methyl sites for hydroxylation is 1. The summed E-state index contributed by atoms with van der Waals surface area (Å²) < 4.78 is 10.7. The molecule has 2 rings (SSSR count). The number of rotatable bonds is 8. The summed E-state index contributed by atoms with van der Waals surface area (Å²) in [5.74, 6) is -0.201. The minimum absolute atomic E-state index is 0.151. The zero-order chi connectivity index (χ0) is 19.6. The molecule has 0 aliphatic rings. The van der Waals surface area contributed by atoms with Gasteiger partial charge < -0.3 is 14.8 Å². The summed E-state index contributed by atoms with van der Waals surface area (Å²) >= 11 is 0. The maximum Gasteiger partial charge on any atom is 0.306 e. The van der Waals surface area contributed by atoms with E-state index in [4.69, 9.17) is 14.7 Å². The fraction of sp³-hybridized carbons (Fsp3) is 0.286. The van der Waals surface area contributed by atoms with Crippen LogP contribution in [0.3, 0.4) is 0 Å². The van der Waals surface area contributed by atoms with Crippen LogP contribution in [0.25, 0.3) is 0 Å². The number of carbonyl (C=O) groups excluding carboxylic acids is 2. The zero-order valence-corrected chi connectivity index (χ0v) is 15.4. The number of hydrogen-bond acceptors (Lipinski definition) is 5. The Labute approximate surface area is 158 Å². The van der Waals surface area contributed by atoms with E-state index < -0.39 is 18.0 Å². The van der Waals surface area contributed by atoms with Crippen molar-refractivity contribution in [2.75, 3.05) is 11.9 Å². The second kappa shape index (κ2) is 9.97. The number of amides is 1. The fourth-order valence-corrected chi connectivity index (χ4v) is 2.35. The number of benzene rings is 2. The molecule has 0 aliphatic heterocycles. The third-order valence-electron chi connectivity index (χ3n) is 3.77. The standard InChI is InChI=1S/C21H22N2O4/c1-15-7-5-9-18(13-15)26-12-6-11-20(24)27-16(2)21(25)23-19-10-4-3-8-17(19)14-22/h3-5,7-10,13,16H,6,11-12H2,1-2H3,(H,23,25)/t16-/m0/s1. The van der Waals surface area contributed by atoms with Gasteiger partial charge in [0.1, 0.15) is 11.8 Å². The van der Waals surface area contributed by atoms with Crippen molar-refractivity contribution in [3.8, 4) is 11.8 Å². The molecule has 1 amide bonds. The molecule has 0 saturated carbocycles. The number of ether oxygens (including phenoxy) is 2. The quantitative estimate of drug-likeness (QED) is 0.570. The molecule has 0 radical (unpaired) electrons. The van der Waals surface area contributed by atoms with Crippen LogP contribution in [0.1, 0.15) is 30.9 Å². The van der Waals surface area contributed by atoms with Crippen LogP contribution in [-0.2, 0) is 14.3 Å². The van der Waals surface area contributed by atoms with Gasteiger partial charge in [-0.05, 0) is 50.1 Å². The van der Waals surface area contributed by atoms with E-state index in [1.165, 1.54) is 6.92 Å². The lowest BCUT2D eigenvalue weighted by Crippen LogP contribution is -2.30. The predicted molar refractivity (Wildman–Crippen MR) is 101 cm³/mol. The van der Waals surface area contributed by atoms with Crippen molar-refractivity contribution in [3.63, 3.8) is 0 Å². The molecule has 0 spiro atoms. The third-order valence-corrected chi connectivity index (χ3v) is 3.77. The van der Waals surface area contributed by atoms with Crippen LogP contribution in [0.5, 0.6) is 5.75 Å². The summed E-state index contributed by atoms with van der Waals surface area (Å²) in [4.78, 5) is 24.0. The highest BCUT2D eigenvalue weighted by Crippen LogP contribution is 2.15. The number of hydrogen-bond donors (Lipinski definition) is 1. The van der Waals surface area contributed by atoms with Gasteiger partial charge >= 0.3 is 5.97 Å². The lowest BCUT2D eigenvalue weighted by atomic mass is 10.2. The maximum atomic E-state index is 12.1. The maximum absolute atomic E-state index is 12.1. The van der Waals surface area contributed by atoms with Crippen LogP contribution in [0.2, 0.25) is 0 Å². The highest BCUT2D eigenvalue weighted by atomic mass is 16.5. The second-order valence-corrected chi connectivity index (χ2v) is 6.05. The van der Waals surface area contributed by atoms with Gasteiger partial charge in [0.2, 0.25) is 0 Å². The number of carbonyl (C=O) groups is 2. The van der Waals surface area contributed by atoms with E-state index in [1.54, 1.807) is 24.3 Å². The number of nitrogens with one attached hydrogen (secondary N) is 1. The molecule has 27 heavy (non-hydrogen) atoms. The van der Waals surface area contributed by atoms with Crippen molar-refractivity contribution in [2.45, 2.75) is 32.8 Å². The Bertz CT molecular complexity index is 842. The SMILES string of the molecule is Cc1cccc(OCCCC(=O)O[C@@H](C)C(=O)Nc2ccccc2C#N)c1. The van der Waals surface area contributed by atoms with Crippen molar-refractivity contribution in [1.82, 2.24) is 0 Å². The van der Waals surface area contributed by atoms with Crippen molar-refractivity contribution in [1.29, 1.82) is 5.26 Å². The van der Waals surface area contributed by atoms with Crippen LogP contribution >= 0.6 is 0 Å². The Balaban J connectivity index is 1.73. The molecule has 140 valence electrons. The van der Waals surface area contributed by atoms with Crippen LogP contribution in [0.15, 0.2) is 48.5 Å². The van der Waals surface area contributed by atoms with E-state index >= 15 is 0 Å². The molecule has 6 heteroatoms. The number of nitriles is 1. The smallest absolute Gasteiger partial charge is 0.306 e. The molecular formula is C21H22N2O4. The molecular weight excluding hydrogens is 344 g/mol. The number of nitrogens with zero attached hydrogens (tertiary/aromatic N) is 1. The fourth-order valence-electron chi connectivity index (χ4n) is 2.35. The van der Waals surface area contributed by atoms with Gasteiger partial charge in [0.15, 0.2) is 6.10 Å². The molecule has 1 atom stereocenters. The van der Waals surface area contributed by atoms with Gasteiger partial charge in [-0.1, -0.05) is 24.3 Å². The van der Waals surface area contributed by atoms with Gasteiger partial charge in [0.05, 0.1) is 17.9 Å². The first-order chi connectivity index (χ1) is 13.0. The molecule has 2 aromatic carbocycles. The first-order valence-electron chi connectivity index (χ1n) is 8.68.